The van der Waals surface area contributed by atoms with Crippen LogP contribution in [0.2, 0.25) is 0 Å². The van der Waals surface area contributed by atoms with Gasteiger partial charge in [0, 0.05) is 17.2 Å². The van der Waals surface area contributed by atoms with Crippen LogP contribution in [0.25, 0.3) is 11.1 Å². The molecule has 0 saturated carbocycles. The Labute approximate surface area is 253 Å². The molecule has 0 saturated heterocycles. The molecule has 4 rings (SSSR count). The summed E-state index contributed by atoms with van der Waals surface area (Å²) in [6.45, 7) is 5.21. The van der Waals surface area contributed by atoms with Crippen LogP contribution in [-0.4, -0.2) is 31.4 Å². The summed E-state index contributed by atoms with van der Waals surface area (Å²) in [6, 6.07) is 22.4. The highest BCUT2D eigenvalue weighted by molar-refractivity contribution is 5.92. The van der Waals surface area contributed by atoms with Crippen molar-refractivity contribution >= 4 is 5.97 Å². The van der Waals surface area contributed by atoms with E-state index in [-0.39, 0.29) is 11.6 Å². The van der Waals surface area contributed by atoms with Crippen LogP contribution in [0.5, 0.6) is 28.7 Å². The molecule has 0 bridgehead atoms. The van der Waals surface area contributed by atoms with E-state index in [1.807, 2.05) is 37.3 Å². The Bertz CT molecular complexity index is 1500. The number of phenols is 1. The lowest BCUT2D eigenvalue weighted by molar-refractivity contribution is 0.0598. The van der Waals surface area contributed by atoms with Gasteiger partial charge < -0.3 is 24.1 Å². The Hall–Kier alpha value is -4.52. The topological polar surface area (TPSA) is 74.2 Å². The van der Waals surface area contributed by atoms with Crippen LogP contribution in [0.3, 0.4) is 0 Å². The van der Waals surface area contributed by atoms with E-state index in [9.17, 15) is 14.3 Å². The minimum atomic E-state index is -0.450. The molecule has 6 nitrogen and oxygen atoms in total. The van der Waals surface area contributed by atoms with Gasteiger partial charge >= 0.3 is 5.97 Å². The number of carbonyl (C=O) groups is 1. The molecule has 1 N–H and O–H groups in total. The van der Waals surface area contributed by atoms with E-state index in [2.05, 4.69) is 6.92 Å². The van der Waals surface area contributed by atoms with Crippen molar-refractivity contribution in [1.29, 1.82) is 0 Å². The van der Waals surface area contributed by atoms with E-state index in [4.69, 9.17) is 18.9 Å². The normalized spacial score (nSPS) is 10.8. The van der Waals surface area contributed by atoms with Crippen molar-refractivity contribution in [3.05, 3.63) is 101 Å². The van der Waals surface area contributed by atoms with Crippen LogP contribution in [-0.2, 0) is 17.6 Å². The predicted octanol–water partition coefficient (Wildman–Crippen LogP) is 8.92. The zero-order valence-corrected chi connectivity index (χ0v) is 25.0. The fourth-order valence-corrected chi connectivity index (χ4v) is 4.86. The van der Waals surface area contributed by atoms with Gasteiger partial charge in [0.05, 0.1) is 20.3 Å². The second-order valence-electron chi connectivity index (χ2n) is 10.2. The minimum absolute atomic E-state index is 0.107. The van der Waals surface area contributed by atoms with Gasteiger partial charge in [-0.15, -0.1) is 0 Å². The molecule has 0 spiro atoms. The Morgan fingerprint density at radius 1 is 0.791 bits per heavy atom. The number of carbonyl (C=O) groups excluding carboxylic acids is 1. The molecule has 226 valence electrons. The van der Waals surface area contributed by atoms with Gasteiger partial charge in [-0.1, -0.05) is 50.6 Å². The quantitative estimate of drug-likeness (QED) is 0.111. The highest BCUT2D eigenvalue weighted by Crippen LogP contribution is 2.37. The molecule has 0 aliphatic carbocycles. The highest BCUT2D eigenvalue weighted by atomic mass is 19.1. The fraction of sp³-hybridized carbons (Fsp3) is 0.306. The number of rotatable bonds is 15. The summed E-state index contributed by atoms with van der Waals surface area (Å²) < 4.78 is 36.6. The van der Waals surface area contributed by atoms with E-state index in [1.54, 1.807) is 36.4 Å². The summed E-state index contributed by atoms with van der Waals surface area (Å²) in [5.41, 5.74) is 3.73. The van der Waals surface area contributed by atoms with E-state index < -0.39 is 5.97 Å². The maximum Gasteiger partial charge on any atom is 0.341 e. The molecule has 7 heteroatoms. The third kappa shape index (κ3) is 8.28. The molecule has 4 aromatic carbocycles. The number of phenolic OH excluding ortho intramolecular Hbond substituents is 1. The number of methoxy groups -OCH3 is 1. The first-order valence-electron chi connectivity index (χ1n) is 14.8. The van der Waals surface area contributed by atoms with Gasteiger partial charge in [-0.2, -0.15) is 0 Å². The Morgan fingerprint density at radius 3 is 2.16 bits per heavy atom. The van der Waals surface area contributed by atoms with Crippen LogP contribution in [0.15, 0.2) is 78.9 Å². The summed E-state index contributed by atoms with van der Waals surface area (Å²) in [7, 11) is 1.35. The first-order chi connectivity index (χ1) is 20.9. The van der Waals surface area contributed by atoms with Gasteiger partial charge in [0.2, 0.25) is 0 Å². The summed E-state index contributed by atoms with van der Waals surface area (Å²) >= 11 is 0. The first kappa shape index (κ1) is 31.4. The van der Waals surface area contributed by atoms with Crippen LogP contribution in [0.4, 0.5) is 4.39 Å². The molecule has 0 radical (unpaired) electrons. The molecule has 43 heavy (non-hydrogen) atoms. The van der Waals surface area contributed by atoms with Crippen LogP contribution in [0.1, 0.15) is 61.0 Å². The number of halogens is 1. The number of ether oxygens (including phenoxy) is 4. The van der Waals surface area contributed by atoms with Crippen molar-refractivity contribution in [2.24, 2.45) is 0 Å². The number of benzene rings is 4. The SMILES string of the molecule is CCCc1c(OCCCCCOc2cc(O)c(-c3ccc(F)cc3)cc2CC)cccc1Oc1ccccc1C(=O)OC. The van der Waals surface area contributed by atoms with E-state index >= 15 is 0 Å². The molecule has 0 unspecified atom stereocenters. The molecule has 0 amide bonds. The number of hydrogen-bond donors (Lipinski definition) is 1. The van der Waals surface area contributed by atoms with Crippen molar-refractivity contribution in [1.82, 2.24) is 0 Å². The average Bonchev–Trinajstić information content (AvgIpc) is 3.02. The number of aryl methyl sites for hydroxylation is 1. The highest BCUT2D eigenvalue weighted by Gasteiger charge is 2.17. The smallest absolute Gasteiger partial charge is 0.341 e. The van der Waals surface area contributed by atoms with Crippen LogP contribution in [0, 0.1) is 5.82 Å². The number of esters is 1. The largest absolute Gasteiger partial charge is 0.507 e. The van der Waals surface area contributed by atoms with E-state index in [1.165, 1.54) is 19.2 Å². The Morgan fingerprint density at radius 2 is 1.47 bits per heavy atom. The lowest BCUT2D eigenvalue weighted by Crippen LogP contribution is -2.06. The maximum atomic E-state index is 13.3. The molecule has 0 heterocycles. The molecule has 0 aliphatic heterocycles. The number of aromatic hydroxyl groups is 1. The van der Waals surface area contributed by atoms with Crippen LogP contribution >= 0.6 is 0 Å². The summed E-state index contributed by atoms with van der Waals surface area (Å²) in [5.74, 6) is 1.88. The van der Waals surface area contributed by atoms with Crippen LogP contribution < -0.4 is 14.2 Å². The summed E-state index contributed by atoms with van der Waals surface area (Å²) in [4.78, 5) is 12.2. The zero-order valence-electron chi connectivity index (χ0n) is 25.0. The predicted molar refractivity (Wildman–Crippen MR) is 166 cm³/mol. The van der Waals surface area contributed by atoms with Gasteiger partial charge in [-0.05, 0) is 85.7 Å². The van der Waals surface area contributed by atoms with Gasteiger partial charge in [0.25, 0.3) is 0 Å². The molecular weight excluding hydrogens is 547 g/mol. The van der Waals surface area contributed by atoms with Gasteiger partial charge in [0.15, 0.2) is 0 Å². The zero-order chi connectivity index (χ0) is 30.6. The summed E-state index contributed by atoms with van der Waals surface area (Å²) in [6.07, 6.45) is 5.02. The van der Waals surface area contributed by atoms with Gasteiger partial charge in [0.1, 0.15) is 40.1 Å². The van der Waals surface area contributed by atoms with Gasteiger partial charge in [-0.3, -0.25) is 0 Å². The number of hydrogen-bond acceptors (Lipinski definition) is 6. The fourth-order valence-electron chi connectivity index (χ4n) is 4.86. The molecule has 0 fully saturated rings. The van der Waals surface area contributed by atoms with Crippen molar-refractivity contribution < 1.29 is 33.2 Å². The van der Waals surface area contributed by atoms with Crippen molar-refractivity contribution in [2.45, 2.75) is 52.4 Å². The molecule has 0 aromatic heterocycles. The Kier molecular flexibility index (Phi) is 11.4. The summed E-state index contributed by atoms with van der Waals surface area (Å²) in [5, 5.41) is 10.6. The second kappa shape index (κ2) is 15.6. The van der Waals surface area contributed by atoms with Crippen molar-refractivity contribution in [3.63, 3.8) is 0 Å². The average molecular weight is 587 g/mol. The second-order valence-corrected chi connectivity index (χ2v) is 10.2. The third-order valence-electron chi connectivity index (χ3n) is 7.12. The molecule has 4 aromatic rings. The monoisotopic (exact) mass is 586 g/mol. The lowest BCUT2D eigenvalue weighted by Gasteiger charge is -2.17. The van der Waals surface area contributed by atoms with Crippen molar-refractivity contribution in [3.8, 4) is 39.9 Å². The Balaban J connectivity index is 1.30. The number of para-hydroxylation sites is 1. The van der Waals surface area contributed by atoms with E-state index in [0.29, 0.717) is 41.6 Å². The maximum absolute atomic E-state index is 13.3. The molecular formula is C36H39FO6. The third-order valence-corrected chi connectivity index (χ3v) is 7.12. The van der Waals surface area contributed by atoms with Gasteiger partial charge in [-0.25, -0.2) is 9.18 Å². The van der Waals surface area contributed by atoms with Crippen molar-refractivity contribution in [2.75, 3.05) is 20.3 Å². The first-order valence-corrected chi connectivity index (χ1v) is 14.8. The lowest BCUT2D eigenvalue weighted by atomic mass is 10.00. The number of unbranched alkanes of at least 4 members (excludes halogenated alkanes) is 2. The molecule has 0 aliphatic rings. The minimum Gasteiger partial charge on any atom is -0.507 e. The molecule has 0 atom stereocenters. The van der Waals surface area contributed by atoms with E-state index in [0.717, 1.165) is 61.0 Å². The standard InChI is InChI=1S/C36H39FO6/c1-4-12-28-32(15-11-16-33(28)43-34-14-8-7-13-29(34)36(39)40-3)41-21-9-6-10-22-42-35-24-31(38)30(23-25(35)5-2)26-17-19-27(37)20-18-26/h7-8,11,13-20,23-24,38H,4-6,9-10,12,21-22H2,1-3H3.